The van der Waals surface area contributed by atoms with Gasteiger partial charge in [0, 0.05) is 27.8 Å². The van der Waals surface area contributed by atoms with Crippen molar-refractivity contribution in [2.75, 3.05) is 6.54 Å². The number of hydrogen-bond acceptors (Lipinski definition) is 8. The van der Waals surface area contributed by atoms with Gasteiger partial charge in [0.15, 0.2) is 5.16 Å². The van der Waals surface area contributed by atoms with E-state index in [0.717, 1.165) is 11.3 Å². The molecule has 1 atom stereocenters. The van der Waals surface area contributed by atoms with Gasteiger partial charge in [-0.3, -0.25) is 24.8 Å². The van der Waals surface area contributed by atoms with Crippen LogP contribution in [0.5, 0.6) is 5.75 Å². The molecule has 37 heavy (non-hydrogen) atoms. The maximum Gasteiger partial charge on any atom is 0.269 e. The minimum absolute atomic E-state index is 0.00528. The van der Waals surface area contributed by atoms with Gasteiger partial charge in [-0.05, 0) is 82.5 Å². The zero-order valence-electron chi connectivity index (χ0n) is 19.3. The standard InChI is InChI=1S/C24H19BrClN5O5S/c1-15-27-28-24(30(15)19-9-5-18(26)6-10-19)37-23(13-29(32)33)17-4-11-22(21(25)12-17)36-14-16-2-7-20(8-3-16)31(34)35/h2-12,23H,13-14H2,1H3/t23-/m0/s1. The summed E-state index contributed by atoms with van der Waals surface area (Å²) >= 11 is 10.8. The molecule has 0 saturated carbocycles. The number of ether oxygens (including phenoxy) is 1. The van der Waals surface area contributed by atoms with Crippen LogP contribution in [0.2, 0.25) is 5.02 Å². The Kier molecular flexibility index (Phi) is 8.41. The molecule has 0 amide bonds. The molecule has 0 radical (unpaired) electrons. The molecular formula is C24H19BrClN5O5S. The predicted molar refractivity (Wildman–Crippen MR) is 143 cm³/mol. The summed E-state index contributed by atoms with van der Waals surface area (Å²) in [7, 11) is 0. The Hall–Kier alpha value is -3.48. The van der Waals surface area contributed by atoms with Crippen molar-refractivity contribution in [3.63, 3.8) is 0 Å². The van der Waals surface area contributed by atoms with Crippen LogP contribution in [-0.4, -0.2) is 31.2 Å². The molecule has 3 aromatic carbocycles. The molecule has 0 spiro atoms. The van der Waals surface area contributed by atoms with Gasteiger partial charge in [0.1, 0.15) is 23.4 Å². The summed E-state index contributed by atoms with van der Waals surface area (Å²) in [5, 5.41) is 31.3. The largest absolute Gasteiger partial charge is 0.488 e. The third kappa shape index (κ3) is 6.64. The van der Waals surface area contributed by atoms with Crippen molar-refractivity contribution in [1.82, 2.24) is 14.8 Å². The van der Waals surface area contributed by atoms with Crippen molar-refractivity contribution in [2.24, 2.45) is 0 Å². The smallest absolute Gasteiger partial charge is 0.269 e. The Balaban J connectivity index is 1.54. The van der Waals surface area contributed by atoms with Gasteiger partial charge >= 0.3 is 0 Å². The second-order valence-electron chi connectivity index (χ2n) is 7.87. The summed E-state index contributed by atoms with van der Waals surface area (Å²) in [5.41, 5.74) is 2.27. The highest BCUT2D eigenvalue weighted by Crippen LogP contribution is 2.39. The number of halogens is 2. The van der Waals surface area contributed by atoms with Gasteiger partial charge in [-0.1, -0.05) is 29.4 Å². The van der Waals surface area contributed by atoms with E-state index >= 15 is 0 Å². The molecular weight excluding hydrogens is 586 g/mol. The van der Waals surface area contributed by atoms with Gasteiger partial charge in [-0.25, -0.2) is 0 Å². The molecule has 0 aliphatic carbocycles. The van der Waals surface area contributed by atoms with Crippen LogP contribution in [0.4, 0.5) is 5.69 Å². The van der Waals surface area contributed by atoms with E-state index in [1.807, 2.05) is 23.6 Å². The summed E-state index contributed by atoms with van der Waals surface area (Å²) in [6, 6.07) is 18.5. The number of hydrogen-bond donors (Lipinski definition) is 0. The van der Waals surface area contributed by atoms with Crippen molar-refractivity contribution in [1.29, 1.82) is 0 Å². The molecule has 0 bridgehead atoms. The van der Waals surface area contributed by atoms with E-state index in [1.54, 1.807) is 42.5 Å². The van der Waals surface area contributed by atoms with E-state index in [2.05, 4.69) is 26.1 Å². The predicted octanol–water partition coefficient (Wildman–Crippen LogP) is 6.59. The first kappa shape index (κ1) is 26.6. The fraction of sp³-hybridized carbons (Fsp3) is 0.167. The van der Waals surface area contributed by atoms with Crippen LogP contribution < -0.4 is 4.74 Å². The molecule has 4 rings (SSSR count). The van der Waals surface area contributed by atoms with Crippen LogP contribution in [0.25, 0.3) is 5.69 Å². The number of rotatable bonds is 10. The number of benzene rings is 3. The zero-order valence-corrected chi connectivity index (χ0v) is 22.4. The van der Waals surface area contributed by atoms with Crippen molar-refractivity contribution in [2.45, 2.75) is 23.9 Å². The van der Waals surface area contributed by atoms with E-state index < -0.39 is 10.2 Å². The molecule has 0 aliphatic heterocycles. The van der Waals surface area contributed by atoms with Crippen molar-refractivity contribution in [3.8, 4) is 11.4 Å². The lowest BCUT2D eigenvalue weighted by Gasteiger charge is -2.16. The molecule has 0 fully saturated rings. The highest BCUT2D eigenvalue weighted by atomic mass is 79.9. The Morgan fingerprint density at radius 3 is 2.38 bits per heavy atom. The number of nitro groups is 2. The molecule has 13 heteroatoms. The van der Waals surface area contributed by atoms with E-state index in [-0.39, 0.29) is 23.8 Å². The number of thioether (sulfide) groups is 1. The first-order chi connectivity index (χ1) is 17.7. The molecule has 190 valence electrons. The average Bonchev–Trinajstić information content (AvgIpc) is 3.23. The van der Waals surface area contributed by atoms with Gasteiger partial charge in [0.05, 0.1) is 9.40 Å². The van der Waals surface area contributed by atoms with Crippen molar-refractivity contribution in [3.05, 3.63) is 113 Å². The van der Waals surface area contributed by atoms with Gasteiger partial charge in [-0.15, -0.1) is 10.2 Å². The fourth-order valence-electron chi connectivity index (χ4n) is 3.49. The average molecular weight is 605 g/mol. The van der Waals surface area contributed by atoms with Crippen LogP contribution in [0, 0.1) is 27.2 Å². The molecule has 1 heterocycles. The summed E-state index contributed by atoms with van der Waals surface area (Å²) < 4.78 is 8.30. The van der Waals surface area contributed by atoms with E-state index in [9.17, 15) is 20.2 Å². The van der Waals surface area contributed by atoms with E-state index in [1.165, 1.54) is 23.9 Å². The summed E-state index contributed by atoms with van der Waals surface area (Å²) in [4.78, 5) is 21.5. The van der Waals surface area contributed by atoms with Crippen LogP contribution in [-0.2, 0) is 6.61 Å². The van der Waals surface area contributed by atoms with Crippen molar-refractivity contribution >= 4 is 45.0 Å². The van der Waals surface area contributed by atoms with Crippen LogP contribution in [0.1, 0.15) is 22.2 Å². The molecule has 0 aliphatic rings. The lowest BCUT2D eigenvalue weighted by atomic mass is 10.1. The first-order valence-corrected chi connectivity index (χ1v) is 12.9. The second-order valence-corrected chi connectivity index (χ2v) is 10.3. The number of nitro benzene ring substituents is 1. The zero-order chi connectivity index (χ0) is 26.5. The monoisotopic (exact) mass is 603 g/mol. The highest BCUT2D eigenvalue weighted by molar-refractivity contribution is 9.10. The maximum absolute atomic E-state index is 11.5. The van der Waals surface area contributed by atoms with Gasteiger partial charge in [0.2, 0.25) is 6.54 Å². The summed E-state index contributed by atoms with van der Waals surface area (Å²) in [6.45, 7) is 1.68. The minimum atomic E-state index is -0.551. The fourth-order valence-corrected chi connectivity index (χ4v) is 5.29. The van der Waals surface area contributed by atoms with Crippen LogP contribution in [0.3, 0.4) is 0 Å². The van der Waals surface area contributed by atoms with E-state index in [4.69, 9.17) is 16.3 Å². The molecule has 4 aromatic rings. The highest BCUT2D eigenvalue weighted by Gasteiger charge is 2.24. The Bertz CT molecular complexity index is 1430. The first-order valence-electron chi connectivity index (χ1n) is 10.8. The lowest BCUT2D eigenvalue weighted by molar-refractivity contribution is -0.479. The SMILES string of the molecule is Cc1nnc(S[C@@H](C[N+](=O)[O-])c2ccc(OCc3ccc([N+](=O)[O-])cc3)c(Br)c2)n1-c1ccc(Cl)cc1. The molecule has 1 aromatic heterocycles. The molecule has 0 N–H and O–H groups in total. The lowest BCUT2D eigenvalue weighted by Crippen LogP contribution is -2.11. The number of nitrogens with zero attached hydrogens (tertiary/aromatic N) is 5. The van der Waals surface area contributed by atoms with E-state index in [0.29, 0.717) is 31.8 Å². The van der Waals surface area contributed by atoms with Gasteiger partial charge < -0.3 is 4.74 Å². The Morgan fingerprint density at radius 1 is 1.05 bits per heavy atom. The maximum atomic E-state index is 11.5. The molecule has 0 unspecified atom stereocenters. The van der Waals surface area contributed by atoms with Crippen LogP contribution >= 0.6 is 39.3 Å². The molecule has 10 nitrogen and oxygen atoms in total. The second kappa shape index (κ2) is 11.7. The quantitative estimate of drug-likeness (QED) is 0.113. The Morgan fingerprint density at radius 2 is 1.76 bits per heavy atom. The topological polar surface area (TPSA) is 126 Å². The van der Waals surface area contributed by atoms with Gasteiger partial charge in [0.25, 0.3) is 5.69 Å². The van der Waals surface area contributed by atoms with Crippen LogP contribution in [0.15, 0.2) is 76.4 Å². The number of non-ortho nitro benzene ring substituents is 1. The minimum Gasteiger partial charge on any atom is -0.488 e. The summed E-state index contributed by atoms with van der Waals surface area (Å²) in [6.07, 6.45) is 0. The molecule has 0 saturated heterocycles. The normalized spacial score (nSPS) is 11.8. The Labute approximate surface area is 229 Å². The van der Waals surface area contributed by atoms with Crippen molar-refractivity contribution < 1.29 is 14.6 Å². The number of aromatic nitrogens is 3. The summed E-state index contributed by atoms with van der Waals surface area (Å²) in [5.74, 6) is 1.17. The number of aryl methyl sites for hydroxylation is 1. The third-order valence-corrected chi connectivity index (χ3v) is 7.36. The van der Waals surface area contributed by atoms with Gasteiger partial charge in [-0.2, -0.15) is 0 Å². The third-order valence-electron chi connectivity index (χ3n) is 5.31.